The minimum absolute atomic E-state index is 0.0952. The first-order valence-corrected chi connectivity index (χ1v) is 3.58. The van der Waals surface area contributed by atoms with Gasteiger partial charge in [0.05, 0.1) is 12.6 Å². The van der Waals surface area contributed by atoms with Gasteiger partial charge in [0.1, 0.15) is 0 Å². The summed E-state index contributed by atoms with van der Waals surface area (Å²) in [6, 6.07) is -0.718. The van der Waals surface area contributed by atoms with E-state index in [4.69, 9.17) is 10.8 Å². The highest BCUT2D eigenvalue weighted by molar-refractivity contribution is 5.83. The molecule has 1 heterocycles. The highest BCUT2D eigenvalue weighted by atomic mass is 16.3. The maximum absolute atomic E-state index is 11.0. The Morgan fingerprint density at radius 1 is 1.58 bits per heavy atom. The number of carbonyl (C=O) groups is 2. The van der Waals surface area contributed by atoms with E-state index in [0.717, 1.165) is 0 Å². The number of primary amides is 1. The molecule has 0 spiro atoms. The average Bonchev–Trinajstić information content (AvgIpc) is 1.94. The van der Waals surface area contributed by atoms with E-state index in [1.165, 1.54) is 4.90 Å². The zero-order chi connectivity index (χ0) is 9.14. The molecule has 0 saturated carbocycles. The van der Waals surface area contributed by atoms with Gasteiger partial charge in [0.2, 0.25) is 5.91 Å². The number of hydrogen-bond acceptors (Lipinski definition) is 3. The van der Waals surface area contributed by atoms with Crippen LogP contribution in [-0.4, -0.2) is 47.7 Å². The Bertz CT molecular complexity index is 200. The third-order valence-corrected chi connectivity index (χ3v) is 1.63. The van der Waals surface area contributed by atoms with Crippen LogP contribution in [0.5, 0.6) is 0 Å². The van der Waals surface area contributed by atoms with E-state index in [9.17, 15) is 9.59 Å². The van der Waals surface area contributed by atoms with Gasteiger partial charge < -0.3 is 21.1 Å². The van der Waals surface area contributed by atoms with Crippen molar-refractivity contribution in [2.24, 2.45) is 5.73 Å². The van der Waals surface area contributed by atoms with Crippen molar-refractivity contribution in [2.75, 3.05) is 19.6 Å². The molecule has 0 bridgehead atoms. The van der Waals surface area contributed by atoms with Crippen LogP contribution in [0.25, 0.3) is 0 Å². The predicted molar refractivity (Wildman–Crippen MR) is 40.2 cm³/mol. The van der Waals surface area contributed by atoms with Gasteiger partial charge in [0, 0.05) is 13.1 Å². The maximum atomic E-state index is 11.0. The van der Waals surface area contributed by atoms with Crippen molar-refractivity contribution in [3.63, 3.8) is 0 Å². The summed E-state index contributed by atoms with van der Waals surface area (Å²) in [7, 11) is 0. The Morgan fingerprint density at radius 2 is 2.17 bits per heavy atom. The van der Waals surface area contributed by atoms with Gasteiger partial charge in [0.25, 0.3) is 0 Å². The first-order chi connectivity index (χ1) is 5.59. The average molecular weight is 173 g/mol. The van der Waals surface area contributed by atoms with Crippen LogP contribution in [0, 0.1) is 0 Å². The molecule has 0 aliphatic carbocycles. The quantitative estimate of drug-likeness (QED) is 0.444. The molecule has 0 atom stereocenters. The first-order valence-electron chi connectivity index (χ1n) is 3.58. The highest BCUT2D eigenvalue weighted by Gasteiger charge is 2.28. The number of aliphatic hydroxyl groups is 1. The number of carbonyl (C=O) groups excluding carboxylic acids is 2. The molecule has 0 aromatic heterocycles. The maximum Gasteiger partial charge on any atom is 0.312 e. The lowest BCUT2D eigenvalue weighted by molar-refractivity contribution is -0.139. The van der Waals surface area contributed by atoms with Gasteiger partial charge in [-0.2, -0.15) is 0 Å². The van der Waals surface area contributed by atoms with Crippen molar-refractivity contribution in [2.45, 2.75) is 6.10 Å². The first kappa shape index (κ1) is 8.79. The Balaban J connectivity index is 2.17. The summed E-state index contributed by atoms with van der Waals surface area (Å²) in [5.74, 6) is -0.223. The summed E-state index contributed by atoms with van der Waals surface area (Å²) in [5.41, 5.74) is 4.76. The number of likely N-dealkylation sites (tertiary alicyclic amines) is 1. The smallest absolute Gasteiger partial charge is 0.312 e. The van der Waals surface area contributed by atoms with Gasteiger partial charge >= 0.3 is 6.03 Å². The monoisotopic (exact) mass is 173 g/mol. The largest absolute Gasteiger partial charge is 0.389 e. The van der Waals surface area contributed by atoms with E-state index < -0.39 is 12.1 Å². The molecule has 3 amide bonds. The van der Waals surface area contributed by atoms with Crippen molar-refractivity contribution >= 4 is 11.9 Å². The minimum atomic E-state index is -0.718. The van der Waals surface area contributed by atoms with Crippen LogP contribution in [0.1, 0.15) is 0 Å². The second-order valence-electron chi connectivity index (χ2n) is 2.67. The van der Waals surface area contributed by atoms with Gasteiger partial charge in [-0.25, -0.2) is 4.79 Å². The molecule has 0 aromatic carbocycles. The molecule has 1 rings (SSSR count). The van der Waals surface area contributed by atoms with Crippen LogP contribution < -0.4 is 11.1 Å². The zero-order valence-corrected chi connectivity index (χ0v) is 6.49. The third-order valence-electron chi connectivity index (χ3n) is 1.63. The molecule has 0 unspecified atom stereocenters. The molecule has 12 heavy (non-hydrogen) atoms. The number of urea groups is 1. The summed E-state index contributed by atoms with van der Waals surface area (Å²) in [6.45, 7) is 0.598. The van der Waals surface area contributed by atoms with Crippen molar-refractivity contribution in [3.05, 3.63) is 0 Å². The van der Waals surface area contributed by atoms with Crippen molar-refractivity contribution in [1.29, 1.82) is 0 Å². The van der Waals surface area contributed by atoms with E-state index >= 15 is 0 Å². The fourth-order valence-corrected chi connectivity index (χ4v) is 0.933. The van der Waals surface area contributed by atoms with Crippen LogP contribution >= 0.6 is 0 Å². The van der Waals surface area contributed by atoms with E-state index in [0.29, 0.717) is 13.1 Å². The molecule has 68 valence electrons. The van der Waals surface area contributed by atoms with Gasteiger partial charge in [-0.15, -0.1) is 0 Å². The Hall–Kier alpha value is -1.30. The van der Waals surface area contributed by atoms with Gasteiger partial charge in [-0.3, -0.25) is 4.79 Å². The molecule has 1 aliphatic rings. The Kier molecular flexibility index (Phi) is 2.49. The number of nitrogens with zero attached hydrogens (tertiary/aromatic N) is 1. The lowest BCUT2D eigenvalue weighted by Crippen LogP contribution is -2.56. The summed E-state index contributed by atoms with van der Waals surface area (Å²) >= 11 is 0. The second kappa shape index (κ2) is 3.40. The SMILES string of the molecule is NC(=O)NCC(=O)N1CC(O)C1. The number of hydrogen-bond donors (Lipinski definition) is 3. The van der Waals surface area contributed by atoms with Crippen LogP contribution in [0.3, 0.4) is 0 Å². The molecule has 1 saturated heterocycles. The normalized spacial score (nSPS) is 16.9. The lowest BCUT2D eigenvalue weighted by atomic mass is 10.2. The number of nitrogens with one attached hydrogen (secondary N) is 1. The highest BCUT2D eigenvalue weighted by Crippen LogP contribution is 2.06. The summed E-state index contributed by atoms with van der Waals surface area (Å²) < 4.78 is 0. The van der Waals surface area contributed by atoms with Crippen molar-refractivity contribution < 1.29 is 14.7 Å². The van der Waals surface area contributed by atoms with E-state index in [1.807, 2.05) is 0 Å². The molecule has 1 aliphatic heterocycles. The molecule has 6 heteroatoms. The fraction of sp³-hybridized carbons (Fsp3) is 0.667. The number of β-amino-alcohol motifs (C(OH)–C–C–N with tert-alkyl or cyclic N) is 1. The number of nitrogens with two attached hydrogens (primary N) is 1. The molecule has 0 radical (unpaired) electrons. The zero-order valence-electron chi connectivity index (χ0n) is 6.49. The van der Waals surface area contributed by atoms with Gasteiger partial charge in [-0.05, 0) is 0 Å². The lowest BCUT2D eigenvalue weighted by Gasteiger charge is -2.35. The van der Waals surface area contributed by atoms with E-state index in [2.05, 4.69) is 5.32 Å². The van der Waals surface area contributed by atoms with E-state index in [1.54, 1.807) is 0 Å². The van der Waals surface area contributed by atoms with Crippen molar-refractivity contribution in [3.8, 4) is 0 Å². The van der Waals surface area contributed by atoms with Gasteiger partial charge in [-0.1, -0.05) is 0 Å². The summed E-state index contributed by atoms with van der Waals surface area (Å²) in [6.07, 6.45) is -0.414. The minimum Gasteiger partial charge on any atom is -0.389 e. The van der Waals surface area contributed by atoms with Crippen LogP contribution in [0.4, 0.5) is 4.79 Å². The third kappa shape index (κ3) is 2.09. The van der Waals surface area contributed by atoms with Crippen molar-refractivity contribution in [1.82, 2.24) is 10.2 Å². The Labute approximate surface area is 69.3 Å². The van der Waals surface area contributed by atoms with Crippen LogP contribution in [-0.2, 0) is 4.79 Å². The predicted octanol–water partition coefficient (Wildman–Crippen LogP) is -2.14. The molecular weight excluding hydrogens is 162 g/mol. The number of amides is 3. The topological polar surface area (TPSA) is 95.7 Å². The summed E-state index contributed by atoms with van der Waals surface area (Å²) in [5, 5.41) is 11.0. The molecule has 6 nitrogen and oxygen atoms in total. The number of rotatable bonds is 2. The molecular formula is C6H11N3O3. The fourth-order valence-electron chi connectivity index (χ4n) is 0.933. The molecule has 1 fully saturated rings. The summed E-state index contributed by atoms with van der Waals surface area (Å²) in [4.78, 5) is 22.7. The van der Waals surface area contributed by atoms with Crippen LogP contribution in [0.2, 0.25) is 0 Å². The number of aliphatic hydroxyl groups excluding tert-OH is 1. The molecule has 4 N–H and O–H groups in total. The second-order valence-corrected chi connectivity index (χ2v) is 2.67. The Morgan fingerprint density at radius 3 is 2.58 bits per heavy atom. The van der Waals surface area contributed by atoms with Gasteiger partial charge in [0.15, 0.2) is 0 Å². The van der Waals surface area contributed by atoms with Crippen LogP contribution in [0.15, 0.2) is 0 Å². The standard InChI is InChI=1S/C6H11N3O3/c7-6(12)8-1-5(11)9-2-4(10)3-9/h4,10H,1-3H2,(H3,7,8,12). The molecule has 0 aromatic rings. The van der Waals surface area contributed by atoms with E-state index in [-0.39, 0.29) is 12.5 Å².